The van der Waals surface area contributed by atoms with Crippen LogP contribution in [0.25, 0.3) is 76.9 Å². The average molecular weight is 517 g/mol. The molecule has 6 aromatic carbocycles. The second-order valence-electron chi connectivity index (χ2n) is 10.4. The second-order valence-corrected chi connectivity index (χ2v) is 10.8. The van der Waals surface area contributed by atoms with Crippen molar-refractivity contribution in [3.63, 3.8) is 0 Å². The summed E-state index contributed by atoms with van der Waals surface area (Å²) in [5.41, 5.74) is 12.2. The minimum atomic E-state index is 0.752. The summed E-state index contributed by atoms with van der Waals surface area (Å²) in [6.45, 7) is 0. The smallest absolute Gasteiger partial charge is 0.0789 e. The Bertz CT molecular complexity index is 2390. The van der Waals surface area contributed by atoms with E-state index in [1.54, 1.807) is 0 Å². The lowest BCUT2D eigenvalue weighted by Crippen LogP contribution is -1.97. The van der Waals surface area contributed by atoms with Gasteiger partial charge in [-0.05, 0) is 64.7 Å². The monoisotopic (exact) mass is 516 g/mol. The largest absolute Gasteiger partial charge is 0.305 e. The minimum Gasteiger partial charge on any atom is -0.305 e. The first-order valence-corrected chi connectivity index (χ1v) is 13.6. The molecular formula is C36H21ClN2. The van der Waals surface area contributed by atoms with Crippen molar-refractivity contribution in [2.45, 2.75) is 0 Å². The molecule has 0 saturated carbocycles. The zero-order chi connectivity index (χ0) is 25.7. The Morgan fingerprint density at radius 2 is 0.897 bits per heavy atom. The van der Waals surface area contributed by atoms with E-state index < -0.39 is 0 Å². The second kappa shape index (κ2) is 7.63. The van der Waals surface area contributed by atoms with E-state index in [4.69, 9.17) is 11.6 Å². The lowest BCUT2D eigenvalue weighted by atomic mass is 9.98. The molecule has 0 spiro atoms. The van der Waals surface area contributed by atoms with E-state index in [1.807, 2.05) is 12.1 Å². The molecule has 0 N–H and O–H groups in total. The SMILES string of the molecule is Clc1ccc(-c2cccc(-c3ccc4c(c3)n3c5ccccc5c5ccc6c7ccccc7n4c6c53)c2)cc1. The summed E-state index contributed by atoms with van der Waals surface area (Å²) in [5, 5.41) is 5.92. The summed E-state index contributed by atoms with van der Waals surface area (Å²) < 4.78 is 4.95. The van der Waals surface area contributed by atoms with Gasteiger partial charge in [0, 0.05) is 26.6 Å². The lowest BCUT2D eigenvalue weighted by Gasteiger charge is -2.13. The summed E-state index contributed by atoms with van der Waals surface area (Å²) in [5.74, 6) is 0. The number of para-hydroxylation sites is 2. The molecule has 0 aliphatic heterocycles. The Morgan fingerprint density at radius 3 is 1.56 bits per heavy atom. The van der Waals surface area contributed by atoms with Gasteiger partial charge in [-0.1, -0.05) is 96.5 Å². The molecule has 0 amide bonds. The Morgan fingerprint density at radius 1 is 0.359 bits per heavy atom. The van der Waals surface area contributed by atoms with Crippen LogP contribution in [0.5, 0.6) is 0 Å². The third kappa shape index (κ3) is 2.81. The van der Waals surface area contributed by atoms with Crippen molar-refractivity contribution in [3.8, 4) is 22.3 Å². The lowest BCUT2D eigenvalue weighted by molar-refractivity contribution is 1.26. The van der Waals surface area contributed by atoms with Gasteiger partial charge in [-0.25, -0.2) is 0 Å². The fourth-order valence-electron chi connectivity index (χ4n) is 6.59. The predicted molar refractivity (Wildman–Crippen MR) is 165 cm³/mol. The Balaban J connectivity index is 1.42. The molecule has 0 bridgehead atoms. The van der Waals surface area contributed by atoms with Gasteiger partial charge in [0.15, 0.2) is 0 Å². The van der Waals surface area contributed by atoms with Crippen LogP contribution in [-0.2, 0) is 0 Å². The number of fused-ring (bicyclic) bond motifs is 9. The van der Waals surface area contributed by atoms with Crippen molar-refractivity contribution < 1.29 is 0 Å². The quantitative estimate of drug-likeness (QED) is 0.202. The molecule has 9 aromatic rings. The molecule has 0 fully saturated rings. The van der Waals surface area contributed by atoms with Crippen LogP contribution in [0.4, 0.5) is 0 Å². The molecule has 3 heteroatoms. The Labute approximate surface area is 229 Å². The molecule has 2 nitrogen and oxygen atoms in total. The maximum atomic E-state index is 6.15. The van der Waals surface area contributed by atoms with Gasteiger partial charge >= 0.3 is 0 Å². The maximum absolute atomic E-state index is 6.15. The van der Waals surface area contributed by atoms with E-state index in [2.05, 4.69) is 124 Å². The number of nitrogens with zero attached hydrogens (tertiary/aromatic N) is 2. The van der Waals surface area contributed by atoms with Crippen LogP contribution >= 0.6 is 11.6 Å². The van der Waals surface area contributed by atoms with Crippen molar-refractivity contribution >= 4 is 66.2 Å². The summed E-state index contributed by atoms with van der Waals surface area (Å²) in [4.78, 5) is 0. The van der Waals surface area contributed by atoms with Crippen LogP contribution in [0, 0.1) is 0 Å². The first-order chi connectivity index (χ1) is 19.3. The van der Waals surface area contributed by atoms with E-state index in [0.717, 1.165) is 10.6 Å². The van der Waals surface area contributed by atoms with Crippen molar-refractivity contribution in [1.29, 1.82) is 0 Å². The van der Waals surface area contributed by atoms with Gasteiger partial charge in [0.25, 0.3) is 0 Å². The molecule has 0 unspecified atom stereocenters. The molecule has 0 aliphatic rings. The summed E-state index contributed by atoms with van der Waals surface area (Å²) in [7, 11) is 0. The van der Waals surface area contributed by atoms with E-state index in [9.17, 15) is 0 Å². The van der Waals surface area contributed by atoms with Gasteiger partial charge < -0.3 is 8.80 Å². The summed E-state index contributed by atoms with van der Waals surface area (Å²) >= 11 is 6.15. The van der Waals surface area contributed by atoms with Crippen LogP contribution < -0.4 is 0 Å². The molecule has 39 heavy (non-hydrogen) atoms. The molecule has 0 aliphatic carbocycles. The number of rotatable bonds is 2. The third-order valence-corrected chi connectivity index (χ3v) is 8.55. The normalized spacial score (nSPS) is 12.2. The number of hydrogen-bond donors (Lipinski definition) is 0. The van der Waals surface area contributed by atoms with Gasteiger partial charge in [-0.15, -0.1) is 0 Å². The van der Waals surface area contributed by atoms with Crippen molar-refractivity contribution in [3.05, 3.63) is 132 Å². The number of hydrogen-bond acceptors (Lipinski definition) is 0. The zero-order valence-electron chi connectivity index (χ0n) is 20.9. The van der Waals surface area contributed by atoms with Crippen LogP contribution in [0.15, 0.2) is 127 Å². The van der Waals surface area contributed by atoms with Gasteiger partial charge in [0.1, 0.15) is 0 Å². The topological polar surface area (TPSA) is 8.82 Å². The molecule has 9 rings (SSSR count). The van der Waals surface area contributed by atoms with Crippen molar-refractivity contribution in [1.82, 2.24) is 8.80 Å². The average Bonchev–Trinajstić information content (AvgIpc) is 3.51. The number of aromatic nitrogens is 2. The van der Waals surface area contributed by atoms with Crippen LogP contribution in [0.2, 0.25) is 5.02 Å². The first kappa shape index (κ1) is 21.2. The highest BCUT2D eigenvalue weighted by Gasteiger charge is 2.21. The molecule has 182 valence electrons. The molecule has 3 aromatic heterocycles. The van der Waals surface area contributed by atoms with Crippen LogP contribution in [0.3, 0.4) is 0 Å². The maximum Gasteiger partial charge on any atom is 0.0789 e. The molecular weight excluding hydrogens is 496 g/mol. The highest BCUT2D eigenvalue weighted by molar-refractivity contribution is 6.30. The number of benzene rings is 6. The third-order valence-electron chi connectivity index (χ3n) is 8.30. The summed E-state index contributed by atoms with van der Waals surface area (Å²) in [6.07, 6.45) is 0. The Kier molecular flexibility index (Phi) is 4.14. The highest BCUT2D eigenvalue weighted by Crippen LogP contribution is 2.42. The van der Waals surface area contributed by atoms with Gasteiger partial charge in [-0.2, -0.15) is 0 Å². The van der Waals surface area contributed by atoms with Gasteiger partial charge in [-0.3, -0.25) is 0 Å². The summed E-state index contributed by atoms with van der Waals surface area (Å²) in [6, 6.07) is 45.9. The molecule has 0 atom stereocenters. The highest BCUT2D eigenvalue weighted by atomic mass is 35.5. The van der Waals surface area contributed by atoms with Crippen molar-refractivity contribution in [2.75, 3.05) is 0 Å². The van der Waals surface area contributed by atoms with Gasteiger partial charge in [0.05, 0.1) is 33.1 Å². The van der Waals surface area contributed by atoms with E-state index in [1.165, 1.54) is 71.3 Å². The zero-order valence-corrected chi connectivity index (χ0v) is 21.7. The van der Waals surface area contributed by atoms with Gasteiger partial charge in [0.2, 0.25) is 0 Å². The molecule has 3 heterocycles. The van der Waals surface area contributed by atoms with Crippen LogP contribution in [-0.4, -0.2) is 8.80 Å². The van der Waals surface area contributed by atoms with Crippen molar-refractivity contribution in [2.24, 2.45) is 0 Å². The van der Waals surface area contributed by atoms with E-state index >= 15 is 0 Å². The fraction of sp³-hybridized carbons (Fsp3) is 0. The standard InChI is InChI=1S/C36H21ClN2/c37-26-15-12-22(13-16-26)23-6-5-7-24(20-23)25-14-19-33-34(21-25)39-32-11-4-2-9-28(32)30-18-17-29-27-8-1-3-10-31(27)38(33)35(29)36(30)39/h1-21H. The fourth-order valence-corrected chi connectivity index (χ4v) is 6.72. The Hall–Kier alpha value is -4.79. The van der Waals surface area contributed by atoms with Crippen LogP contribution in [0.1, 0.15) is 0 Å². The molecule has 0 saturated heterocycles. The first-order valence-electron chi connectivity index (χ1n) is 13.2. The molecule has 0 radical (unpaired) electrons. The predicted octanol–water partition coefficient (Wildman–Crippen LogP) is 10.2. The van der Waals surface area contributed by atoms with E-state index in [-0.39, 0.29) is 0 Å². The van der Waals surface area contributed by atoms with E-state index in [0.29, 0.717) is 0 Å². The minimum absolute atomic E-state index is 0.752. The number of halogens is 1.